The van der Waals surface area contributed by atoms with Crippen molar-refractivity contribution in [1.82, 2.24) is 15.5 Å². The summed E-state index contributed by atoms with van der Waals surface area (Å²) in [6, 6.07) is 0. The van der Waals surface area contributed by atoms with Crippen LogP contribution in [0.15, 0.2) is 0 Å². The predicted molar refractivity (Wildman–Crippen MR) is 126 cm³/mol. The van der Waals surface area contributed by atoms with Crippen LogP contribution in [0.4, 0.5) is 0 Å². The van der Waals surface area contributed by atoms with Crippen molar-refractivity contribution in [3.63, 3.8) is 0 Å². The lowest BCUT2D eigenvalue weighted by Crippen LogP contribution is -2.72. The van der Waals surface area contributed by atoms with Crippen LogP contribution in [0.25, 0.3) is 0 Å². The third-order valence-electron chi connectivity index (χ3n) is 5.15. The van der Waals surface area contributed by atoms with Gasteiger partial charge in [0.2, 0.25) is 0 Å². The molecule has 0 aromatic carbocycles. The molecule has 5 nitrogen and oxygen atoms in total. The smallest absolute Gasteiger partial charge is 0.373 e. The van der Waals surface area contributed by atoms with Crippen LogP contribution >= 0.6 is 0 Å². The fourth-order valence-electron chi connectivity index (χ4n) is 3.52. The molecular weight excluding hydrogens is 386 g/mol. The molecule has 1 saturated heterocycles. The van der Waals surface area contributed by atoms with Crippen molar-refractivity contribution in [3.05, 3.63) is 0 Å². The maximum atomic E-state index is 6.76. The molecule has 0 saturated carbocycles. The maximum Gasteiger partial charge on any atom is 0.373 e. The van der Waals surface area contributed by atoms with Gasteiger partial charge in [0.15, 0.2) is 0 Å². The van der Waals surface area contributed by atoms with Gasteiger partial charge in [0.25, 0.3) is 0 Å². The van der Waals surface area contributed by atoms with E-state index in [2.05, 4.69) is 75.7 Å². The number of likely N-dealkylation sites (N-methyl/N-ethyl adjacent to an activating group) is 1. The Morgan fingerprint density at radius 1 is 0.815 bits per heavy atom. The van der Waals surface area contributed by atoms with Crippen LogP contribution in [-0.2, 0) is 8.85 Å². The van der Waals surface area contributed by atoms with Gasteiger partial charge in [0, 0.05) is 26.3 Å². The summed E-state index contributed by atoms with van der Waals surface area (Å²) in [5.74, 6) is 0. The molecule has 1 aliphatic heterocycles. The van der Waals surface area contributed by atoms with Gasteiger partial charge in [0.1, 0.15) is 0 Å². The molecule has 0 radical (unpaired) electrons. The molecule has 0 bridgehead atoms. The minimum absolute atomic E-state index is 0.340. The summed E-state index contributed by atoms with van der Waals surface area (Å²) < 4.78 is 13.5. The monoisotopic (exact) mass is 433 g/mol. The van der Waals surface area contributed by atoms with E-state index in [0.717, 1.165) is 51.5 Å². The van der Waals surface area contributed by atoms with Crippen LogP contribution in [0.3, 0.4) is 0 Å². The molecule has 0 spiro atoms. The van der Waals surface area contributed by atoms with Crippen LogP contribution in [0.5, 0.6) is 0 Å². The molecule has 1 fully saturated rings. The van der Waals surface area contributed by atoms with Gasteiger partial charge in [-0.15, -0.1) is 0 Å². The summed E-state index contributed by atoms with van der Waals surface area (Å²) in [6.45, 7) is 22.7. The Morgan fingerprint density at radius 3 is 1.48 bits per heavy atom. The van der Waals surface area contributed by atoms with Crippen LogP contribution in [0, 0.1) is 0 Å². The Labute approximate surface area is 172 Å². The first kappa shape index (κ1) is 25.5. The number of hydrogen-bond acceptors (Lipinski definition) is 5. The number of nitrogens with one attached hydrogen (secondary N) is 2. The van der Waals surface area contributed by atoms with Crippen molar-refractivity contribution in [2.24, 2.45) is 0 Å². The van der Waals surface area contributed by atoms with E-state index in [4.69, 9.17) is 8.85 Å². The van der Waals surface area contributed by atoms with Crippen LogP contribution in [0.2, 0.25) is 39.3 Å². The van der Waals surface area contributed by atoms with E-state index in [1.807, 2.05) is 0 Å². The normalized spacial score (nSPS) is 22.1. The van der Waals surface area contributed by atoms with Crippen molar-refractivity contribution < 1.29 is 8.85 Å². The molecule has 0 aliphatic carbocycles. The minimum atomic E-state index is -2.46. The first-order valence-electron chi connectivity index (χ1n) is 10.9. The van der Waals surface area contributed by atoms with E-state index >= 15 is 0 Å². The predicted octanol–water partition coefficient (Wildman–Crippen LogP) is 2.98. The quantitative estimate of drug-likeness (QED) is 0.519. The van der Waals surface area contributed by atoms with Gasteiger partial charge in [-0.1, -0.05) is 53.1 Å². The summed E-state index contributed by atoms with van der Waals surface area (Å²) in [5, 5.41) is 7.84. The highest BCUT2D eigenvalue weighted by Gasteiger charge is 2.52. The van der Waals surface area contributed by atoms with Gasteiger partial charge in [0.05, 0.1) is 27.5 Å². The van der Waals surface area contributed by atoms with E-state index in [1.54, 1.807) is 0 Å². The lowest BCUT2D eigenvalue weighted by Gasteiger charge is -2.45. The van der Waals surface area contributed by atoms with Gasteiger partial charge in [-0.05, 0) is 32.2 Å². The van der Waals surface area contributed by atoms with Crippen molar-refractivity contribution in [1.29, 1.82) is 0 Å². The largest absolute Gasteiger partial charge is 0.391 e. The second-order valence-electron chi connectivity index (χ2n) is 10.5. The van der Waals surface area contributed by atoms with E-state index in [9.17, 15) is 0 Å². The first-order valence-corrected chi connectivity index (χ1v) is 20.3. The zero-order valence-electron chi connectivity index (χ0n) is 19.6. The molecule has 2 N–H and O–H groups in total. The van der Waals surface area contributed by atoms with Crippen molar-refractivity contribution in [3.8, 4) is 0 Å². The van der Waals surface area contributed by atoms with Gasteiger partial charge < -0.3 is 24.4 Å². The van der Waals surface area contributed by atoms with Crippen molar-refractivity contribution in [2.75, 3.05) is 45.7 Å². The number of hydrogen-bond donors (Lipinski definition) is 2. The van der Waals surface area contributed by atoms with Gasteiger partial charge >= 0.3 is 8.56 Å². The highest BCUT2D eigenvalue weighted by Crippen LogP contribution is 2.24. The SMILES string of the molecule is CCC(NC[Si](C)(C)C)[Si]1(C(CC)NC[Si](C)(C)C)OCCN(C)CCO1. The Balaban J connectivity index is 3.10. The van der Waals surface area contributed by atoms with Gasteiger partial charge in [-0.3, -0.25) is 0 Å². The first-order chi connectivity index (χ1) is 12.4. The zero-order chi connectivity index (χ0) is 20.7. The van der Waals surface area contributed by atoms with E-state index < -0.39 is 24.7 Å². The minimum Gasteiger partial charge on any atom is -0.391 e. The van der Waals surface area contributed by atoms with E-state index in [-0.39, 0.29) is 0 Å². The van der Waals surface area contributed by atoms with Crippen molar-refractivity contribution >= 4 is 24.7 Å². The van der Waals surface area contributed by atoms with Crippen LogP contribution in [-0.4, -0.2) is 86.6 Å². The molecule has 2 unspecified atom stereocenters. The third-order valence-corrected chi connectivity index (χ3v) is 12.2. The summed E-state index contributed by atoms with van der Waals surface area (Å²) >= 11 is 0. The number of nitrogens with zero attached hydrogens (tertiary/aromatic N) is 1. The standard InChI is InChI=1S/C19H47N3O2Si3/c1-10-18(20-16-25(4,5)6)27(19(11-2)21-17-26(7,8)9)23-14-12-22(3)13-15-24-27/h18-21H,10-17H2,1-9H3. The zero-order valence-corrected chi connectivity index (χ0v) is 22.6. The average molecular weight is 434 g/mol. The molecule has 0 aromatic heterocycles. The van der Waals surface area contributed by atoms with Crippen LogP contribution < -0.4 is 10.6 Å². The summed E-state index contributed by atoms with van der Waals surface area (Å²) in [5.41, 5.74) is 0.679. The van der Waals surface area contributed by atoms with Crippen molar-refractivity contribution in [2.45, 2.75) is 77.3 Å². The second kappa shape index (κ2) is 11.0. The summed E-state index contributed by atoms with van der Waals surface area (Å²) in [4.78, 5) is 2.31. The lowest BCUT2D eigenvalue weighted by atomic mass is 10.5. The molecule has 27 heavy (non-hydrogen) atoms. The highest BCUT2D eigenvalue weighted by molar-refractivity contribution is 6.77. The maximum absolute atomic E-state index is 6.76. The molecule has 2 atom stereocenters. The fourth-order valence-corrected chi connectivity index (χ4v) is 9.75. The molecule has 0 amide bonds. The Morgan fingerprint density at radius 2 is 1.19 bits per heavy atom. The average Bonchev–Trinajstić information content (AvgIpc) is 2.51. The van der Waals surface area contributed by atoms with E-state index in [0.29, 0.717) is 11.3 Å². The molecule has 8 heteroatoms. The topological polar surface area (TPSA) is 45.8 Å². The fraction of sp³-hybridized carbons (Fsp3) is 1.00. The molecule has 162 valence electrons. The van der Waals surface area contributed by atoms with Gasteiger partial charge in [-0.2, -0.15) is 0 Å². The van der Waals surface area contributed by atoms with Crippen LogP contribution in [0.1, 0.15) is 26.7 Å². The highest BCUT2D eigenvalue weighted by atomic mass is 28.4. The molecule has 0 aromatic rings. The lowest BCUT2D eigenvalue weighted by molar-refractivity contribution is 0.0872. The second-order valence-corrected chi connectivity index (χ2v) is 24.9. The molecule has 1 rings (SSSR count). The summed E-state index contributed by atoms with van der Waals surface area (Å²) in [7, 11) is -2.67. The number of rotatable bonds is 10. The summed E-state index contributed by atoms with van der Waals surface area (Å²) in [6.07, 6.45) is 4.38. The third kappa shape index (κ3) is 8.78. The molecule has 1 aliphatic rings. The molecule has 1 heterocycles. The Kier molecular flexibility index (Phi) is 10.4. The van der Waals surface area contributed by atoms with Gasteiger partial charge in [-0.25, -0.2) is 0 Å². The molecular formula is C19H47N3O2Si3. The van der Waals surface area contributed by atoms with E-state index in [1.165, 1.54) is 0 Å². The Hall–Kier alpha value is 0.451. The Bertz CT molecular complexity index is 389.